The summed E-state index contributed by atoms with van der Waals surface area (Å²) in [5, 5.41) is 0. The Morgan fingerprint density at radius 1 is 1.10 bits per heavy atom. The molecule has 0 N–H and O–H groups in total. The van der Waals surface area contributed by atoms with Gasteiger partial charge < -0.3 is 16.6 Å². The van der Waals surface area contributed by atoms with Gasteiger partial charge in [0.2, 0.25) is 0 Å². The fraction of sp³-hybridized carbons (Fsp3) is 0.611. The van der Waals surface area contributed by atoms with E-state index in [1.807, 2.05) is 0 Å². The van der Waals surface area contributed by atoms with Crippen molar-refractivity contribution in [1.82, 2.24) is 4.90 Å². The van der Waals surface area contributed by atoms with Crippen LogP contribution in [0.25, 0.3) is 0 Å². The van der Waals surface area contributed by atoms with Crippen molar-refractivity contribution >= 4 is 0 Å². The van der Waals surface area contributed by atoms with Gasteiger partial charge in [-0.25, -0.2) is 0 Å². The van der Waals surface area contributed by atoms with E-state index in [0.29, 0.717) is 12.5 Å². The predicted molar refractivity (Wildman–Crippen MR) is 84.9 cm³/mol. The molecule has 0 radical (unpaired) electrons. The second kappa shape index (κ2) is 11.4. The monoisotopic (exact) mass is 372 g/mol. The molecule has 21 heavy (non-hydrogen) atoms. The SMILES string of the molecule is [CH2-]COCCC[C@H](CN1CCCCC1)c1ccccc1.[Mo]. The summed E-state index contributed by atoms with van der Waals surface area (Å²) in [5.41, 5.74) is 1.48. The van der Waals surface area contributed by atoms with Crippen molar-refractivity contribution in [3.05, 3.63) is 42.8 Å². The molecule has 0 aliphatic carbocycles. The third kappa shape index (κ3) is 7.08. The van der Waals surface area contributed by atoms with Gasteiger partial charge in [0.15, 0.2) is 0 Å². The Kier molecular flexibility index (Phi) is 10.2. The van der Waals surface area contributed by atoms with Gasteiger partial charge in [0.05, 0.1) is 0 Å². The molecule has 1 aliphatic rings. The zero-order valence-corrected chi connectivity index (χ0v) is 15.0. The van der Waals surface area contributed by atoms with Crippen LogP contribution in [0.5, 0.6) is 0 Å². The summed E-state index contributed by atoms with van der Waals surface area (Å²) in [7, 11) is 0. The van der Waals surface area contributed by atoms with Gasteiger partial charge in [0, 0.05) is 34.2 Å². The fourth-order valence-electron chi connectivity index (χ4n) is 3.08. The number of nitrogens with zero attached hydrogens (tertiary/aromatic N) is 1. The minimum Gasteiger partial charge on any atom is -0.413 e. The number of hydrogen-bond acceptors (Lipinski definition) is 2. The molecule has 0 saturated carbocycles. The Morgan fingerprint density at radius 2 is 1.81 bits per heavy atom. The number of benzene rings is 1. The first kappa shape index (κ1) is 18.9. The first-order chi connectivity index (χ1) is 9.90. The van der Waals surface area contributed by atoms with Crippen LogP contribution in [0.4, 0.5) is 0 Å². The van der Waals surface area contributed by atoms with Crippen LogP contribution in [0.3, 0.4) is 0 Å². The molecular formula is C18H28MoNO-. The summed E-state index contributed by atoms with van der Waals surface area (Å²) in [6.45, 7) is 8.90. The molecule has 0 amide bonds. The molecule has 3 heteroatoms. The summed E-state index contributed by atoms with van der Waals surface area (Å²) in [4.78, 5) is 2.64. The molecule has 118 valence electrons. The van der Waals surface area contributed by atoms with E-state index in [1.165, 1.54) is 50.9 Å². The average Bonchev–Trinajstić information content (AvgIpc) is 2.52. The maximum absolute atomic E-state index is 5.39. The van der Waals surface area contributed by atoms with E-state index >= 15 is 0 Å². The summed E-state index contributed by atoms with van der Waals surface area (Å²) < 4.78 is 5.39. The summed E-state index contributed by atoms with van der Waals surface area (Å²) >= 11 is 0. The van der Waals surface area contributed by atoms with Gasteiger partial charge >= 0.3 is 0 Å². The van der Waals surface area contributed by atoms with Crippen LogP contribution in [-0.4, -0.2) is 37.7 Å². The van der Waals surface area contributed by atoms with Gasteiger partial charge in [-0.05, 0) is 50.3 Å². The average molecular weight is 370 g/mol. The van der Waals surface area contributed by atoms with Crippen molar-refractivity contribution < 1.29 is 25.8 Å². The molecule has 1 saturated heterocycles. The Hall–Kier alpha value is -0.172. The van der Waals surface area contributed by atoms with Gasteiger partial charge in [-0.1, -0.05) is 43.4 Å². The molecule has 1 heterocycles. The second-order valence-electron chi connectivity index (χ2n) is 5.72. The number of likely N-dealkylation sites (tertiary alicyclic amines) is 1. The summed E-state index contributed by atoms with van der Waals surface area (Å²) in [6.07, 6.45) is 6.48. The summed E-state index contributed by atoms with van der Waals surface area (Å²) in [6, 6.07) is 11.0. The standard InChI is InChI=1S/C18H28NO.Mo/c1-2-20-15-9-12-18(17-10-5-3-6-11-17)16-19-13-7-4-8-14-19;/h3,5-6,10-11,18H,1-2,4,7-9,12-16H2;/q-1;/t18-;/m1./s1. The van der Waals surface area contributed by atoms with E-state index in [4.69, 9.17) is 4.74 Å². The van der Waals surface area contributed by atoms with Crippen molar-refractivity contribution in [2.24, 2.45) is 0 Å². The molecule has 0 spiro atoms. The Labute approximate surface area is 144 Å². The first-order valence-corrected chi connectivity index (χ1v) is 8.04. The van der Waals surface area contributed by atoms with Gasteiger partial charge in [-0.3, -0.25) is 0 Å². The largest absolute Gasteiger partial charge is 0.413 e. The topological polar surface area (TPSA) is 12.5 Å². The first-order valence-electron chi connectivity index (χ1n) is 8.04. The van der Waals surface area contributed by atoms with Crippen LogP contribution in [-0.2, 0) is 25.8 Å². The molecular weight excluding hydrogens is 342 g/mol. The molecule has 1 aromatic rings. The quantitative estimate of drug-likeness (QED) is 0.391. The van der Waals surface area contributed by atoms with Crippen LogP contribution in [0.15, 0.2) is 30.3 Å². The molecule has 0 aromatic heterocycles. The van der Waals surface area contributed by atoms with E-state index < -0.39 is 0 Å². The van der Waals surface area contributed by atoms with Crippen LogP contribution >= 0.6 is 0 Å². The van der Waals surface area contributed by atoms with E-state index in [2.05, 4.69) is 42.2 Å². The van der Waals surface area contributed by atoms with Crippen molar-refractivity contribution in [2.75, 3.05) is 32.8 Å². The predicted octanol–water partition coefficient (Wildman–Crippen LogP) is 3.88. The smallest absolute Gasteiger partial charge is 0.0430 e. The van der Waals surface area contributed by atoms with Gasteiger partial charge in [-0.2, -0.15) is 0 Å². The van der Waals surface area contributed by atoms with Gasteiger partial charge in [-0.15, -0.1) is 0 Å². The molecule has 2 nitrogen and oxygen atoms in total. The van der Waals surface area contributed by atoms with Crippen molar-refractivity contribution in [2.45, 2.75) is 38.0 Å². The molecule has 1 fully saturated rings. The van der Waals surface area contributed by atoms with Crippen LogP contribution in [0.1, 0.15) is 43.6 Å². The van der Waals surface area contributed by atoms with Gasteiger partial charge in [0.1, 0.15) is 0 Å². The molecule has 0 unspecified atom stereocenters. The molecule has 0 bridgehead atoms. The van der Waals surface area contributed by atoms with E-state index in [0.717, 1.165) is 13.0 Å². The van der Waals surface area contributed by atoms with E-state index in [1.54, 1.807) is 0 Å². The van der Waals surface area contributed by atoms with Gasteiger partial charge in [0.25, 0.3) is 0 Å². The van der Waals surface area contributed by atoms with Crippen molar-refractivity contribution in [1.29, 1.82) is 0 Å². The molecule has 1 aliphatic heterocycles. The second-order valence-corrected chi connectivity index (χ2v) is 5.72. The Morgan fingerprint density at radius 3 is 2.48 bits per heavy atom. The van der Waals surface area contributed by atoms with E-state index in [9.17, 15) is 0 Å². The maximum Gasteiger partial charge on any atom is 0.0430 e. The minimum atomic E-state index is 0. The van der Waals surface area contributed by atoms with Crippen LogP contribution in [0.2, 0.25) is 0 Å². The van der Waals surface area contributed by atoms with Crippen LogP contribution < -0.4 is 0 Å². The van der Waals surface area contributed by atoms with Crippen molar-refractivity contribution in [3.63, 3.8) is 0 Å². The zero-order valence-electron chi connectivity index (χ0n) is 13.0. The van der Waals surface area contributed by atoms with E-state index in [-0.39, 0.29) is 21.1 Å². The summed E-state index contributed by atoms with van der Waals surface area (Å²) in [5.74, 6) is 0.641. The minimum absolute atomic E-state index is 0. The normalized spacial score (nSPS) is 17.2. The number of ether oxygens (including phenoxy) is 1. The fourth-order valence-corrected chi connectivity index (χ4v) is 3.08. The maximum atomic E-state index is 5.39. The number of piperidine rings is 1. The Balaban J connectivity index is 0.00000220. The Bertz CT molecular complexity index is 351. The molecule has 1 atom stereocenters. The molecule has 1 aromatic carbocycles. The van der Waals surface area contributed by atoms with Crippen LogP contribution in [0, 0.1) is 6.92 Å². The molecule has 2 rings (SSSR count). The van der Waals surface area contributed by atoms with Crippen molar-refractivity contribution in [3.8, 4) is 0 Å². The third-order valence-corrected chi connectivity index (χ3v) is 4.18. The third-order valence-electron chi connectivity index (χ3n) is 4.18. The zero-order chi connectivity index (χ0) is 14.0. The number of hydrogen-bond donors (Lipinski definition) is 0. The number of rotatable bonds is 8.